The fraction of sp³-hybridized carbons (Fsp3) is 0.0769. The number of thioether (sulfide) groups is 1. The molecule has 0 spiro atoms. The predicted molar refractivity (Wildman–Crippen MR) is 74.9 cm³/mol. The van der Waals surface area contributed by atoms with Gasteiger partial charge in [0.2, 0.25) is 0 Å². The minimum atomic E-state index is -1.02. The summed E-state index contributed by atoms with van der Waals surface area (Å²) in [6.45, 7) is 0. The Bertz CT molecular complexity index is 601. The summed E-state index contributed by atoms with van der Waals surface area (Å²) in [5, 5.41) is 9.46. The van der Waals surface area contributed by atoms with E-state index >= 15 is 0 Å². The second-order valence-electron chi connectivity index (χ2n) is 3.73. The lowest BCUT2D eigenvalue weighted by Gasteiger charge is -2.05. The number of aromatic nitrogens is 1. The summed E-state index contributed by atoms with van der Waals surface area (Å²) in [6.07, 6.45) is 1.54. The second kappa shape index (κ2) is 6.16. The van der Waals surface area contributed by atoms with Gasteiger partial charge in [0.25, 0.3) is 0 Å². The van der Waals surface area contributed by atoms with Crippen LogP contribution in [-0.2, 0) is 5.75 Å². The van der Waals surface area contributed by atoms with Crippen molar-refractivity contribution in [2.75, 3.05) is 0 Å². The first-order valence-corrected chi connectivity index (χ1v) is 7.10. The maximum atomic E-state index is 13.2. The van der Waals surface area contributed by atoms with E-state index in [-0.39, 0.29) is 11.4 Å². The van der Waals surface area contributed by atoms with E-state index in [1.807, 2.05) is 0 Å². The molecule has 0 atom stereocenters. The number of pyridine rings is 1. The molecule has 2 aromatic rings. The lowest BCUT2D eigenvalue weighted by atomic mass is 10.2. The number of carboxylic acid groups (broad SMARTS) is 1. The fourth-order valence-electron chi connectivity index (χ4n) is 1.51. The molecular formula is C13H9BrFNO2S. The molecule has 1 N–H and O–H groups in total. The monoisotopic (exact) mass is 341 g/mol. The van der Waals surface area contributed by atoms with Crippen molar-refractivity contribution in [2.24, 2.45) is 0 Å². The molecule has 0 aliphatic rings. The van der Waals surface area contributed by atoms with Crippen molar-refractivity contribution in [3.8, 4) is 0 Å². The van der Waals surface area contributed by atoms with E-state index in [9.17, 15) is 9.18 Å². The molecule has 6 heteroatoms. The van der Waals surface area contributed by atoms with E-state index < -0.39 is 5.97 Å². The van der Waals surface area contributed by atoms with Crippen LogP contribution in [0.5, 0.6) is 0 Å². The fourth-order valence-corrected chi connectivity index (χ4v) is 2.94. The van der Waals surface area contributed by atoms with Crippen molar-refractivity contribution in [2.45, 2.75) is 10.8 Å². The summed E-state index contributed by atoms with van der Waals surface area (Å²) in [4.78, 5) is 15.1. The lowest BCUT2D eigenvalue weighted by Crippen LogP contribution is -2.00. The van der Waals surface area contributed by atoms with Gasteiger partial charge in [-0.15, -0.1) is 11.8 Å². The molecule has 0 radical (unpaired) electrons. The van der Waals surface area contributed by atoms with Crippen LogP contribution in [0.4, 0.5) is 4.39 Å². The number of benzene rings is 1. The molecule has 0 aliphatic carbocycles. The standard InChI is InChI=1S/C13H9BrFNO2S/c14-9-4-8(5-10(15)6-9)7-19-12-11(13(17)18)2-1-3-16-12/h1-6H,7H2,(H,17,18). The number of halogens is 2. The molecular weight excluding hydrogens is 333 g/mol. The first-order chi connectivity index (χ1) is 9.06. The third kappa shape index (κ3) is 3.78. The summed E-state index contributed by atoms with van der Waals surface area (Å²) in [6, 6.07) is 7.66. The number of hydrogen-bond acceptors (Lipinski definition) is 3. The summed E-state index contributed by atoms with van der Waals surface area (Å²) in [7, 11) is 0. The van der Waals surface area contributed by atoms with Gasteiger partial charge in [0, 0.05) is 16.4 Å². The van der Waals surface area contributed by atoms with Gasteiger partial charge in [0.05, 0.1) is 5.56 Å². The van der Waals surface area contributed by atoms with Crippen LogP contribution in [0.25, 0.3) is 0 Å². The Morgan fingerprint density at radius 3 is 2.89 bits per heavy atom. The van der Waals surface area contributed by atoms with Crippen LogP contribution in [0.2, 0.25) is 0 Å². The Morgan fingerprint density at radius 1 is 1.42 bits per heavy atom. The van der Waals surface area contributed by atoms with Crippen LogP contribution in [-0.4, -0.2) is 16.1 Å². The average Bonchev–Trinajstić information content (AvgIpc) is 2.35. The molecule has 2 rings (SSSR count). The van der Waals surface area contributed by atoms with E-state index in [1.54, 1.807) is 12.1 Å². The van der Waals surface area contributed by atoms with Gasteiger partial charge < -0.3 is 5.11 Å². The number of carbonyl (C=O) groups is 1. The minimum absolute atomic E-state index is 0.156. The SMILES string of the molecule is O=C(O)c1cccnc1SCc1cc(F)cc(Br)c1. The van der Waals surface area contributed by atoms with Crippen LogP contribution < -0.4 is 0 Å². The Morgan fingerprint density at radius 2 is 2.21 bits per heavy atom. The van der Waals surface area contributed by atoms with Gasteiger partial charge in [-0.05, 0) is 35.9 Å². The van der Waals surface area contributed by atoms with Crippen LogP contribution >= 0.6 is 27.7 Å². The summed E-state index contributed by atoms with van der Waals surface area (Å²) >= 11 is 4.48. The summed E-state index contributed by atoms with van der Waals surface area (Å²) < 4.78 is 13.9. The summed E-state index contributed by atoms with van der Waals surface area (Å²) in [5.41, 5.74) is 0.918. The molecule has 0 amide bonds. The van der Waals surface area contributed by atoms with Crippen LogP contribution in [0.1, 0.15) is 15.9 Å². The maximum Gasteiger partial charge on any atom is 0.338 e. The van der Waals surface area contributed by atoms with E-state index in [2.05, 4.69) is 20.9 Å². The van der Waals surface area contributed by atoms with E-state index in [4.69, 9.17) is 5.11 Å². The Balaban J connectivity index is 2.16. The molecule has 1 aromatic heterocycles. The van der Waals surface area contributed by atoms with E-state index in [1.165, 1.54) is 36.2 Å². The second-order valence-corrected chi connectivity index (χ2v) is 5.61. The van der Waals surface area contributed by atoms with E-state index in [0.29, 0.717) is 15.3 Å². The van der Waals surface area contributed by atoms with Gasteiger partial charge in [-0.3, -0.25) is 0 Å². The molecule has 19 heavy (non-hydrogen) atoms. The zero-order valence-corrected chi connectivity index (χ0v) is 12.0. The molecule has 3 nitrogen and oxygen atoms in total. The highest BCUT2D eigenvalue weighted by Crippen LogP contribution is 2.26. The number of nitrogens with zero attached hydrogens (tertiary/aromatic N) is 1. The lowest BCUT2D eigenvalue weighted by molar-refractivity contribution is 0.0692. The topological polar surface area (TPSA) is 50.2 Å². The normalized spacial score (nSPS) is 10.4. The number of rotatable bonds is 4. The molecule has 1 heterocycles. The van der Waals surface area contributed by atoms with Crippen molar-refractivity contribution in [3.05, 3.63) is 57.9 Å². The molecule has 0 bridgehead atoms. The smallest absolute Gasteiger partial charge is 0.338 e. The van der Waals surface area contributed by atoms with Crippen molar-refractivity contribution in [1.82, 2.24) is 4.98 Å². The largest absolute Gasteiger partial charge is 0.478 e. The average molecular weight is 342 g/mol. The third-order valence-corrected chi connectivity index (χ3v) is 3.83. The Kier molecular flexibility index (Phi) is 4.55. The van der Waals surface area contributed by atoms with Gasteiger partial charge in [-0.25, -0.2) is 14.2 Å². The molecule has 0 aliphatic heterocycles. The quantitative estimate of drug-likeness (QED) is 0.854. The molecule has 1 aromatic carbocycles. The highest BCUT2D eigenvalue weighted by atomic mass is 79.9. The van der Waals surface area contributed by atoms with Crippen molar-refractivity contribution in [3.63, 3.8) is 0 Å². The molecule has 98 valence electrons. The Labute approximate surface area is 122 Å². The minimum Gasteiger partial charge on any atom is -0.478 e. The van der Waals surface area contributed by atoms with Crippen LogP contribution in [0.15, 0.2) is 46.0 Å². The Hall–Kier alpha value is -1.40. The molecule has 0 unspecified atom stereocenters. The number of hydrogen-bond donors (Lipinski definition) is 1. The molecule has 0 fully saturated rings. The first kappa shape index (κ1) is 14.0. The van der Waals surface area contributed by atoms with Crippen molar-refractivity contribution >= 4 is 33.7 Å². The molecule has 0 saturated carbocycles. The maximum absolute atomic E-state index is 13.2. The van der Waals surface area contributed by atoms with Crippen molar-refractivity contribution in [1.29, 1.82) is 0 Å². The molecule has 0 saturated heterocycles. The zero-order valence-electron chi connectivity index (χ0n) is 9.64. The van der Waals surface area contributed by atoms with Crippen LogP contribution in [0.3, 0.4) is 0 Å². The van der Waals surface area contributed by atoms with Gasteiger partial charge in [0.1, 0.15) is 10.8 Å². The zero-order chi connectivity index (χ0) is 13.8. The van der Waals surface area contributed by atoms with Crippen LogP contribution in [0, 0.1) is 5.82 Å². The predicted octanol–water partition coefficient (Wildman–Crippen LogP) is 3.97. The van der Waals surface area contributed by atoms with Gasteiger partial charge in [0.15, 0.2) is 0 Å². The van der Waals surface area contributed by atoms with Gasteiger partial charge in [-0.1, -0.05) is 15.9 Å². The highest BCUT2D eigenvalue weighted by Gasteiger charge is 2.11. The first-order valence-electron chi connectivity index (χ1n) is 5.32. The summed E-state index contributed by atoms with van der Waals surface area (Å²) in [5.74, 6) is -0.895. The number of aromatic carboxylic acids is 1. The number of carboxylic acids is 1. The highest BCUT2D eigenvalue weighted by molar-refractivity contribution is 9.10. The van der Waals surface area contributed by atoms with Crippen molar-refractivity contribution < 1.29 is 14.3 Å². The van der Waals surface area contributed by atoms with Gasteiger partial charge >= 0.3 is 5.97 Å². The third-order valence-electron chi connectivity index (χ3n) is 2.30. The van der Waals surface area contributed by atoms with Gasteiger partial charge in [-0.2, -0.15) is 0 Å². The van der Waals surface area contributed by atoms with E-state index in [0.717, 1.165) is 5.56 Å².